The van der Waals surface area contributed by atoms with E-state index in [2.05, 4.69) is 36.6 Å². The summed E-state index contributed by atoms with van der Waals surface area (Å²) in [6.45, 7) is 5.50. The Bertz CT molecular complexity index is 1010. The SMILES string of the molecule is Cc1cc(C)n2ncc(C(=O)NCC(=O)Nc3ccc(Br)cc3C)c2n1. The average Bonchev–Trinajstić information content (AvgIpc) is 2.99. The van der Waals surface area contributed by atoms with Gasteiger partial charge >= 0.3 is 0 Å². The summed E-state index contributed by atoms with van der Waals surface area (Å²) in [5.41, 5.74) is 4.13. The minimum Gasteiger partial charge on any atom is -0.343 e. The molecule has 0 spiro atoms. The highest BCUT2D eigenvalue weighted by Gasteiger charge is 2.16. The number of aryl methyl sites for hydroxylation is 3. The van der Waals surface area contributed by atoms with Crippen molar-refractivity contribution in [2.24, 2.45) is 0 Å². The third kappa shape index (κ3) is 3.75. The molecule has 0 bridgehead atoms. The summed E-state index contributed by atoms with van der Waals surface area (Å²) < 4.78 is 2.54. The zero-order valence-corrected chi connectivity index (χ0v) is 16.2. The van der Waals surface area contributed by atoms with Gasteiger partial charge in [-0.2, -0.15) is 5.10 Å². The van der Waals surface area contributed by atoms with Gasteiger partial charge in [0.25, 0.3) is 5.91 Å². The molecular formula is C18H18BrN5O2. The van der Waals surface area contributed by atoms with E-state index in [4.69, 9.17) is 0 Å². The zero-order valence-electron chi connectivity index (χ0n) is 14.6. The lowest BCUT2D eigenvalue weighted by molar-refractivity contribution is -0.115. The number of amides is 2. The molecule has 2 aromatic heterocycles. The Morgan fingerprint density at radius 3 is 2.69 bits per heavy atom. The largest absolute Gasteiger partial charge is 0.343 e. The molecule has 8 heteroatoms. The highest BCUT2D eigenvalue weighted by molar-refractivity contribution is 9.10. The number of halogens is 1. The van der Waals surface area contributed by atoms with Crippen LogP contribution in [0.15, 0.2) is 34.9 Å². The highest BCUT2D eigenvalue weighted by Crippen LogP contribution is 2.19. The number of hydrogen-bond acceptors (Lipinski definition) is 4. The van der Waals surface area contributed by atoms with Crippen molar-refractivity contribution < 1.29 is 9.59 Å². The predicted molar refractivity (Wildman–Crippen MR) is 102 cm³/mol. The Kier molecular flexibility index (Phi) is 5.03. The van der Waals surface area contributed by atoms with Crippen molar-refractivity contribution in [1.29, 1.82) is 0 Å². The number of nitrogens with one attached hydrogen (secondary N) is 2. The van der Waals surface area contributed by atoms with E-state index in [9.17, 15) is 9.59 Å². The first-order valence-corrected chi connectivity index (χ1v) is 8.80. The van der Waals surface area contributed by atoms with E-state index in [1.165, 1.54) is 6.20 Å². The molecule has 0 radical (unpaired) electrons. The summed E-state index contributed by atoms with van der Waals surface area (Å²) in [6, 6.07) is 7.44. The van der Waals surface area contributed by atoms with Gasteiger partial charge in [-0.3, -0.25) is 9.59 Å². The van der Waals surface area contributed by atoms with Crippen LogP contribution in [0.25, 0.3) is 5.65 Å². The van der Waals surface area contributed by atoms with Crippen molar-refractivity contribution in [3.63, 3.8) is 0 Å². The maximum absolute atomic E-state index is 12.4. The molecule has 0 aliphatic heterocycles. The summed E-state index contributed by atoms with van der Waals surface area (Å²) in [7, 11) is 0. The van der Waals surface area contributed by atoms with Gasteiger partial charge in [0, 0.05) is 21.5 Å². The lowest BCUT2D eigenvalue weighted by Gasteiger charge is -2.09. The number of rotatable bonds is 4. The number of benzene rings is 1. The maximum Gasteiger partial charge on any atom is 0.257 e. The molecule has 0 unspecified atom stereocenters. The minimum atomic E-state index is -0.389. The summed E-state index contributed by atoms with van der Waals surface area (Å²) >= 11 is 3.38. The van der Waals surface area contributed by atoms with Crippen LogP contribution in [-0.4, -0.2) is 33.0 Å². The van der Waals surface area contributed by atoms with Crippen LogP contribution >= 0.6 is 15.9 Å². The van der Waals surface area contributed by atoms with Gasteiger partial charge < -0.3 is 10.6 Å². The molecule has 2 amide bonds. The maximum atomic E-state index is 12.4. The average molecular weight is 416 g/mol. The molecule has 1 aromatic carbocycles. The van der Waals surface area contributed by atoms with E-state index in [0.717, 1.165) is 21.4 Å². The first kappa shape index (κ1) is 18.1. The third-order valence-corrected chi connectivity index (χ3v) is 4.39. The van der Waals surface area contributed by atoms with Gasteiger partial charge in [-0.1, -0.05) is 15.9 Å². The summed E-state index contributed by atoms with van der Waals surface area (Å²) in [4.78, 5) is 28.9. The molecule has 0 fully saturated rings. The van der Waals surface area contributed by atoms with E-state index in [1.54, 1.807) is 10.6 Å². The first-order valence-electron chi connectivity index (χ1n) is 8.01. The van der Waals surface area contributed by atoms with Crippen molar-refractivity contribution >= 4 is 39.1 Å². The molecule has 7 nitrogen and oxygen atoms in total. The normalized spacial score (nSPS) is 10.8. The summed E-state index contributed by atoms with van der Waals surface area (Å²) in [5.74, 6) is -0.694. The number of aromatic nitrogens is 3. The Morgan fingerprint density at radius 2 is 1.96 bits per heavy atom. The van der Waals surface area contributed by atoms with E-state index in [-0.39, 0.29) is 18.4 Å². The van der Waals surface area contributed by atoms with Crippen molar-refractivity contribution in [1.82, 2.24) is 19.9 Å². The highest BCUT2D eigenvalue weighted by atomic mass is 79.9. The van der Waals surface area contributed by atoms with Gasteiger partial charge in [0.15, 0.2) is 5.65 Å². The summed E-state index contributed by atoms with van der Waals surface area (Å²) in [5, 5.41) is 9.58. The molecule has 0 aliphatic rings. The third-order valence-electron chi connectivity index (χ3n) is 3.89. The van der Waals surface area contributed by atoms with Crippen LogP contribution in [0.2, 0.25) is 0 Å². The second-order valence-electron chi connectivity index (χ2n) is 6.02. The van der Waals surface area contributed by atoms with Crippen LogP contribution in [0, 0.1) is 20.8 Å². The second kappa shape index (κ2) is 7.25. The molecule has 3 rings (SSSR count). The molecule has 3 aromatic rings. The molecule has 2 N–H and O–H groups in total. The quantitative estimate of drug-likeness (QED) is 0.685. The lowest BCUT2D eigenvalue weighted by Crippen LogP contribution is -2.33. The molecule has 2 heterocycles. The topological polar surface area (TPSA) is 88.4 Å². The smallest absolute Gasteiger partial charge is 0.257 e. The fourth-order valence-electron chi connectivity index (χ4n) is 2.65. The Labute approximate surface area is 158 Å². The van der Waals surface area contributed by atoms with Gasteiger partial charge in [-0.15, -0.1) is 0 Å². The number of hydrogen-bond donors (Lipinski definition) is 2. The molecule has 0 saturated heterocycles. The standard InChI is InChI=1S/C18H18BrN5O2/c1-10-6-13(19)4-5-15(10)23-16(25)9-20-18(26)14-8-21-24-12(3)7-11(2)22-17(14)24/h4-8H,9H2,1-3H3,(H,20,26)(H,23,25). The Morgan fingerprint density at radius 1 is 1.19 bits per heavy atom. The lowest BCUT2D eigenvalue weighted by atomic mass is 10.2. The van der Waals surface area contributed by atoms with E-state index in [0.29, 0.717) is 16.9 Å². The molecule has 134 valence electrons. The number of carbonyl (C=O) groups excluding carboxylic acids is 2. The monoisotopic (exact) mass is 415 g/mol. The van der Waals surface area contributed by atoms with Crippen LogP contribution in [-0.2, 0) is 4.79 Å². The van der Waals surface area contributed by atoms with Crippen LogP contribution < -0.4 is 10.6 Å². The molecular weight excluding hydrogens is 398 g/mol. The summed E-state index contributed by atoms with van der Waals surface area (Å²) in [6.07, 6.45) is 1.46. The zero-order chi connectivity index (χ0) is 18.8. The van der Waals surface area contributed by atoms with Crippen molar-refractivity contribution in [3.8, 4) is 0 Å². The van der Waals surface area contributed by atoms with Crippen LogP contribution in [0.4, 0.5) is 5.69 Å². The fraction of sp³-hybridized carbons (Fsp3) is 0.222. The second-order valence-corrected chi connectivity index (χ2v) is 6.94. The first-order chi connectivity index (χ1) is 12.3. The fourth-order valence-corrected chi connectivity index (χ4v) is 3.12. The predicted octanol–water partition coefficient (Wildman–Crippen LogP) is 2.79. The molecule has 26 heavy (non-hydrogen) atoms. The van der Waals surface area contributed by atoms with Gasteiger partial charge in [0.05, 0.1) is 12.7 Å². The number of anilines is 1. The van der Waals surface area contributed by atoms with Gasteiger partial charge in [0.1, 0.15) is 5.56 Å². The van der Waals surface area contributed by atoms with Crippen molar-refractivity contribution in [2.75, 3.05) is 11.9 Å². The number of fused-ring (bicyclic) bond motifs is 1. The van der Waals surface area contributed by atoms with Crippen LogP contribution in [0.3, 0.4) is 0 Å². The number of carbonyl (C=O) groups is 2. The van der Waals surface area contributed by atoms with Gasteiger partial charge in [-0.05, 0) is 50.6 Å². The van der Waals surface area contributed by atoms with Crippen LogP contribution in [0.5, 0.6) is 0 Å². The Hall–Kier alpha value is -2.74. The number of nitrogens with zero attached hydrogens (tertiary/aromatic N) is 3. The van der Waals surface area contributed by atoms with Crippen LogP contribution in [0.1, 0.15) is 27.3 Å². The van der Waals surface area contributed by atoms with Crippen molar-refractivity contribution in [3.05, 3.63) is 57.4 Å². The van der Waals surface area contributed by atoms with E-state index < -0.39 is 0 Å². The molecule has 0 aliphatic carbocycles. The van der Waals surface area contributed by atoms with Gasteiger partial charge in [0.2, 0.25) is 5.91 Å². The Balaban J connectivity index is 1.68. The van der Waals surface area contributed by atoms with E-state index in [1.807, 2.05) is 39.0 Å². The van der Waals surface area contributed by atoms with Gasteiger partial charge in [-0.25, -0.2) is 9.50 Å². The molecule has 0 saturated carbocycles. The minimum absolute atomic E-state index is 0.142. The van der Waals surface area contributed by atoms with Crippen molar-refractivity contribution in [2.45, 2.75) is 20.8 Å². The molecule has 0 atom stereocenters. The van der Waals surface area contributed by atoms with E-state index >= 15 is 0 Å².